The lowest BCUT2D eigenvalue weighted by Gasteiger charge is -2.42. The molecule has 0 aromatic carbocycles. The van der Waals surface area contributed by atoms with Crippen LogP contribution in [0.4, 0.5) is 29.2 Å². The van der Waals surface area contributed by atoms with Gasteiger partial charge in [-0.25, -0.2) is 14.4 Å². The molecular weight excluding hydrogens is 608 g/mol. The van der Waals surface area contributed by atoms with Crippen molar-refractivity contribution in [1.82, 2.24) is 30.2 Å². The molecule has 0 unspecified atom stereocenters. The first-order chi connectivity index (χ1) is 22.0. The molecule has 0 radical (unpaired) electrons. The summed E-state index contributed by atoms with van der Waals surface area (Å²) in [6, 6.07) is 1.09. The van der Waals surface area contributed by atoms with Crippen LogP contribution in [0.25, 0.3) is 22.2 Å². The van der Waals surface area contributed by atoms with Crippen molar-refractivity contribution < 1.29 is 31.8 Å². The summed E-state index contributed by atoms with van der Waals surface area (Å²) in [4.78, 5) is 22.0. The first kappa shape index (κ1) is 29.8. The number of piperazine rings is 1. The molecule has 7 heterocycles. The number of halogens is 4. The largest absolute Gasteiger partial charge is 0.472 e. The number of nitrogen functional groups attached to an aromatic ring is 1. The monoisotopic (exact) mass is 644 g/mol. The second-order valence-corrected chi connectivity index (χ2v) is 13.4. The fourth-order valence-corrected chi connectivity index (χ4v) is 7.75. The number of fused-ring (bicyclic) bond motifs is 5. The van der Waals surface area contributed by atoms with E-state index in [4.69, 9.17) is 24.9 Å². The van der Waals surface area contributed by atoms with Gasteiger partial charge in [0.2, 0.25) is 5.88 Å². The van der Waals surface area contributed by atoms with Crippen LogP contribution in [0.1, 0.15) is 43.9 Å². The molecule has 11 nitrogen and oxygen atoms in total. The zero-order valence-corrected chi connectivity index (χ0v) is 25.7. The van der Waals surface area contributed by atoms with Gasteiger partial charge >= 0.3 is 12.2 Å². The first-order valence-corrected chi connectivity index (χ1v) is 15.9. The molecule has 1 aliphatic carbocycles. The highest BCUT2D eigenvalue weighted by molar-refractivity contribution is 5.97. The minimum atomic E-state index is -4.85. The van der Waals surface area contributed by atoms with Crippen molar-refractivity contribution in [3.8, 4) is 23.1 Å². The van der Waals surface area contributed by atoms with Crippen LogP contribution in [-0.4, -0.2) is 95.1 Å². The number of aromatic nitrogens is 4. The number of aryl methyl sites for hydroxylation is 1. The van der Waals surface area contributed by atoms with E-state index in [9.17, 15) is 13.2 Å². The molecule has 46 heavy (non-hydrogen) atoms. The molecule has 3 aromatic heterocycles. The van der Waals surface area contributed by atoms with E-state index in [0.29, 0.717) is 32.2 Å². The molecule has 8 rings (SSSR count). The molecule has 3 aromatic rings. The van der Waals surface area contributed by atoms with Crippen molar-refractivity contribution in [1.29, 1.82) is 0 Å². The highest BCUT2D eigenvalue weighted by Gasteiger charge is 2.48. The summed E-state index contributed by atoms with van der Waals surface area (Å²) in [5.74, 6) is -0.841. The van der Waals surface area contributed by atoms with Crippen molar-refractivity contribution in [3.63, 3.8) is 0 Å². The van der Waals surface area contributed by atoms with Crippen molar-refractivity contribution >= 4 is 22.5 Å². The molecule has 4 aliphatic heterocycles. The summed E-state index contributed by atoms with van der Waals surface area (Å²) in [5.41, 5.74) is 3.00. The summed E-state index contributed by atoms with van der Waals surface area (Å²) in [6.07, 6.45) is -1.42. The standard InChI is InChI=1S/C31H36F4N8O3/c1-15-22(31(33,34)35)18(11-20(36)37-15)24-23(32)25-21-27(43-12-17-3-4-19(38-17)26(43)16(2)46-28(21)39-24)41-29(40-25)45-14-30(5-6-30)13-42-7-9-44-10-8-42/h11,16-17,19,26,38H,3-10,12-14H2,1-2H3,(H2,36,37)/t16-,17+,19-,26+/m0/s1. The highest BCUT2D eigenvalue weighted by Crippen LogP contribution is 2.48. The van der Waals surface area contributed by atoms with E-state index in [1.165, 1.54) is 6.92 Å². The summed E-state index contributed by atoms with van der Waals surface area (Å²) in [7, 11) is 0. The van der Waals surface area contributed by atoms with E-state index in [-0.39, 0.29) is 57.8 Å². The summed E-state index contributed by atoms with van der Waals surface area (Å²) >= 11 is 0. The number of rotatable bonds is 6. The third-order valence-electron chi connectivity index (χ3n) is 10.1. The molecule has 3 saturated heterocycles. The van der Waals surface area contributed by atoms with Gasteiger partial charge in [0, 0.05) is 49.2 Å². The fraction of sp³-hybridized carbons (Fsp3) is 0.613. The Morgan fingerprint density at radius 1 is 1.13 bits per heavy atom. The zero-order valence-electron chi connectivity index (χ0n) is 25.7. The summed E-state index contributed by atoms with van der Waals surface area (Å²) in [6.45, 7) is 7.96. The second kappa shape index (κ2) is 10.7. The molecule has 2 bridgehead atoms. The van der Waals surface area contributed by atoms with E-state index in [1.54, 1.807) is 0 Å². The maximum absolute atomic E-state index is 16.8. The smallest absolute Gasteiger partial charge is 0.418 e. The van der Waals surface area contributed by atoms with Crippen LogP contribution in [0.15, 0.2) is 6.07 Å². The van der Waals surface area contributed by atoms with Gasteiger partial charge in [0.1, 0.15) is 34.3 Å². The minimum Gasteiger partial charge on any atom is -0.472 e. The number of nitrogens with one attached hydrogen (secondary N) is 1. The quantitative estimate of drug-likeness (QED) is 0.382. The third kappa shape index (κ3) is 5.07. The molecule has 4 atom stereocenters. The molecule has 0 spiro atoms. The Morgan fingerprint density at radius 3 is 2.65 bits per heavy atom. The number of nitrogens with two attached hydrogens (primary N) is 1. The highest BCUT2D eigenvalue weighted by atomic mass is 19.4. The Morgan fingerprint density at radius 2 is 1.91 bits per heavy atom. The van der Waals surface area contributed by atoms with E-state index in [0.717, 1.165) is 51.4 Å². The average Bonchev–Trinajstić information content (AvgIpc) is 3.69. The maximum Gasteiger partial charge on any atom is 0.418 e. The lowest BCUT2D eigenvalue weighted by molar-refractivity contribution is -0.137. The number of pyridine rings is 2. The van der Waals surface area contributed by atoms with Crippen LogP contribution in [0.3, 0.4) is 0 Å². The Kier molecular flexibility index (Phi) is 6.96. The van der Waals surface area contributed by atoms with Crippen LogP contribution in [-0.2, 0) is 10.9 Å². The van der Waals surface area contributed by atoms with E-state index in [1.807, 2.05) is 6.92 Å². The molecule has 5 aliphatic rings. The first-order valence-electron chi connectivity index (χ1n) is 15.9. The van der Waals surface area contributed by atoms with Gasteiger partial charge in [-0.1, -0.05) is 0 Å². The molecule has 4 fully saturated rings. The molecular formula is C31H36F4N8O3. The number of morpholine rings is 1. The van der Waals surface area contributed by atoms with Crippen LogP contribution in [0.5, 0.6) is 11.9 Å². The van der Waals surface area contributed by atoms with Gasteiger partial charge in [0.15, 0.2) is 5.82 Å². The fourth-order valence-electron chi connectivity index (χ4n) is 7.75. The zero-order chi connectivity index (χ0) is 32.0. The lowest BCUT2D eigenvalue weighted by atomic mass is 9.99. The van der Waals surface area contributed by atoms with Crippen molar-refractivity contribution in [3.05, 3.63) is 23.1 Å². The van der Waals surface area contributed by atoms with E-state index < -0.39 is 34.9 Å². The predicted octanol–water partition coefficient (Wildman–Crippen LogP) is 3.72. The normalized spacial score (nSPS) is 26.9. The van der Waals surface area contributed by atoms with Crippen LogP contribution >= 0.6 is 0 Å². The van der Waals surface area contributed by atoms with Gasteiger partial charge in [-0.15, -0.1) is 0 Å². The number of nitrogens with zero attached hydrogens (tertiary/aromatic N) is 6. The maximum atomic E-state index is 16.8. The molecule has 1 saturated carbocycles. The average molecular weight is 645 g/mol. The van der Waals surface area contributed by atoms with E-state index in [2.05, 4.69) is 30.1 Å². The van der Waals surface area contributed by atoms with Crippen LogP contribution < -0.4 is 25.4 Å². The third-order valence-corrected chi connectivity index (χ3v) is 10.1. The number of alkyl halides is 3. The van der Waals surface area contributed by atoms with Crippen molar-refractivity contribution in [2.75, 3.05) is 56.6 Å². The second-order valence-electron chi connectivity index (χ2n) is 13.4. The number of hydrogen-bond acceptors (Lipinski definition) is 11. The van der Waals surface area contributed by atoms with Crippen LogP contribution in [0, 0.1) is 18.2 Å². The number of hydrogen-bond donors (Lipinski definition) is 2. The van der Waals surface area contributed by atoms with Crippen LogP contribution in [0.2, 0.25) is 0 Å². The topological polar surface area (TPSA) is 124 Å². The summed E-state index contributed by atoms with van der Waals surface area (Å²) in [5, 5.41) is 3.86. The minimum absolute atomic E-state index is 0.0293. The van der Waals surface area contributed by atoms with Gasteiger partial charge in [-0.05, 0) is 45.6 Å². The lowest BCUT2D eigenvalue weighted by Crippen LogP contribution is -2.62. The van der Waals surface area contributed by atoms with Crippen molar-refractivity contribution in [2.45, 2.75) is 69.9 Å². The van der Waals surface area contributed by atoms with Gasteiger partial charge < -0.3 is 30.2 Å². The molecule has 246 valence electrons. The predicted molar refractivity (Wildman–Crippen MR) is 160 cm³/mol. The molecule has 3 N–H and O–H groups in total. The Labute approximate surface area is 262 Å². The number of anilines is 2. The van der Waals surface area contributed by atoms with Gasteiger partial charge in [-0.3, -0.25) is 4.90 Å². The Balaban J connectivity index is 1.27. The SMILES string of the molecule is Cc1nc(N)cc(-c2nc3c4c(nc(OCC5(CN6CCOCC6)CC5)nc4c2F)N2C[C@H]4CC[C@H](N4)[C@H]2[C@H](C)O3)c1C(F)(F)F. The van der Waals surface area contributed by atoms with Gasteiger partial charge in [0.25, 0.3) is 0 Å². The molecule has 15 heteroatoms. The van der Waals surface area contributed by atoms with E-state index >= 15 is 4.39 Å². The Hall–Kier alpha value is -3.56. The number of ether oxygens (including phenoxy) is 3. The molecule has 0 amide bonds. The van der Waals surface area contributed by atoms with Gasteiger partial charge in [-0.2, -0.15) is 23.1 Å². The Bertz CT molecular complexity index is 1700. The van der Waals surface area contributed by atoms with Crippen molar-refractivity contribution in [2.24, 2.45) is 5.41 Å². The van der Waals surface area contributed by atoms with Gasteiger partial charge in [0.05, 0.1) is 37.1 Å². The summed E-state index contributed by atoms with van der Waals surface area (Å²) < 4.78 is 78.0.